The van der Waals surface area contributed by atoms with Gasteiger partial charge in [-0.1, -0.05) is 39.0 Å². The van der Waals surface area contributed by atoms with E-state index in [2.05, 4.69) is 20.8 Å². The lowest BCUT2D eigenvalue weighted by Gasteiger charge is -2.18. The van der Waals surface area contributed by atoms with Gasteiger partial charge in [-0.2, -0.15) is 0 Å². The summed E-state index contributed by atoms with van der Waals surface area (Å²) in [6.45, 7) is 7.85. The van der Waals surface area contributed by atoms with Gasteiger partial charge in [0.05, 0.1) is 20.3 Å². The van der Waals surface area contributed by atoms with Crippen LogP contribution in [-0.4, -0.2) is 13.7 Å². The van der Waals surface area contributed by atoms with Gasteiger partial charge in [-0.25, -0.2) is 0 Å². The molecule has 0 saturated carbocycles. The van der Waals surface area contributed by atoms with E-state index in [0.29, 0.717) is 6.61 Å². The van der Waals surface area contributed by atoms with Crippen molar-refractivity contribution < 1.29 is 9.47 Å². The van der Waals surface area contributed by atoms with Crippen LogP contribution < -0.4 is 4.74 Å². The van der Waals surface area contributed by atoms with Gasteiger partial charge in [-0.15, -0.1) is 0 Å². The molecule has 0 bridgehead atoms. The highest BCUT2D eigenvalue weighted by molar-refractivity contribution is 5.32. The standard InChI is InChI=1S/C13H20O2/c1-13(2,3)10-15-9-11-7-5-6-8-12(11)14-4/h5-8H,9-10H2,1-4H3. The SMILES string of the molecule is COc1ccccc1COCC(C)(C)C. The Balaban J connectivity index is 2.50. The zero-order valence-corrected chi connectivity index (χ0v) is 10.0. The van der Waals surface area contributed by atoms with Crippen molar-refractivity contribution >= 4 is 0 Å². The molecule has 0 aromatic heterocycles. The Hall–Kier alpha value is -1.02. The third-order valence-electron chi connectivity index (χ3n) is 1.99. The molecule has 2 nitrogen and oxygen atoms in total. The Kier molecular flexibility index (Phi) is 4.15. The van der Waals surface area contributed by atoms with Crippen molar-refractivity contribution in [3.8, 4) is 5.75 Å². The van der Waals surface area contributed by atoms with Crippen molar-refractivity contribution in [3.63, 3.8) is 0 Å². The van der Waals surface area contributed by atoms with E-state index < -0.39 is 0 Å². The minimum Gasteiger partial charge on any atom is -0.496 e. The molecule has 0 fully saturated rings. The van der Waals surface area contributed by atoms with Crippen LogP contribution in [0.1, 0.15) is 26.3 Å². The number of benzene rings is 1. The maximum atomic E-state index is 5.65. The maximum Gasteiger partial charge on any atom is 0.124 e. The summed E-state index contributed by atoms with van der Waals surface area (Å²) in [5.74, 6) is 0.895. The van der Waals surface area contributed by atoms with Crippen LogP contribution in [0, 0.1) is 5.41 Å². The molecule has 1 rings (SSSR count). The minimum absolute atomic E-state index is 0.210. The summed E-state index contributed by atoms with van der Waals surface area (Å²) >= 11 is 0. The Labute approximate surface area is 92.2 Å². The maximum absolute atomic E-state index is 5.65. The second kappa shape index (κ2) is 5.17. The largest absolute Gasteiger partial charge is 0.496 e. The summed E-state index contributed by atoms with van der Waals surface area (Å²) in [5, 5.41) is 0. The van der Waals surface area contributed by atoms with E-state index in [1.165, 1.54) is 0 Å². The molecule has 2 heteroatoms. The van der Waals surface area contributed by atoms with Crippen LogP contribution in [-0.2, 0) is 11.3 Å². The van der Waals surface area contributed by atoms with Gasteiger partial charge >= 0.3 is 0 Å². The Morgan fingerprint density at radius 3 is 2.40 bits per heavy atom. The molecular weight excluding hydrogens is 188 g/mol. The molecule has 0 atom stereocenters. The zero-order chi connectivity index (χ0) is 11.3. The third-order valence-corrected chi connectivity index (χ3v) is 1.99. The highest BCUT2D eigenvalue weighted by Crippen LogP contribution is 2.20. The predicted octanol–water partition coefficient (Wildman–Crippen LogP) is 3.26. The van der Waals surface area contributed by atoms with Crippen LogP contribution in [0.25, 0.3) is 0 Å². The highest BCUT2D eigenvalue weighted by Gasteiger charge is 2.10. The van der Waals surface area contributed by atoms with Crippen molar-refractivity contribution in [1.29, 1.82) is 0 Å². The average Bonchev–Trinajstić information content (AvgIpc) is 2.16. The minimum atomic E-state index is 0.210. The van der Waals surface area contributed by atoms with E-state index in [4.69, 9.17) is 9.47 Å². The molecule has 0 aliphatic carbocycles. The Bertz CT molecular complexity index is 300. The molecule has 0 spiro atoms. The summed E-state index contributed by atoms with van der Waals surface area (Å²) in [6.07, 6.45) is 0. The summed E-state index contributed by atoms with van der Waals surface area (Å²) in [6, 6.07) is 7.95. The van der Waals surface area contributed by atoms with Gasteiger partial charge < -0.3 is 9.47 Å². The second-order valence-corrected chi connectivity index (χ2v) is 4.87. The first kappa shape index (κ1) is 12.1. The quantitative estimate of drug-likeness (QED) is 0.756. The second-order valence-electron chi connectivity index (χ2n) is 4.87. The van der Waals surface area contributed by atoms with E-state index in [1.807, 2.05) is 24.3 Å². The molecule has 1 aromatic carbocycles. The smallest absolute Gasteiger partial charge is 0.124 e. The van der Waals surface area contributed by atoms with Crippen molar-refractivity contribution in [2.24, 2.45) is 5.41 Å². The van der Waals surface area contributed by atoms with Crippen LogP contribution >= 0.6 is 0 Å². The van der Waals surface area contributed by atoms with Gasteiger partial charge in [0.25, 0.3) is 0 Å². The summed E-state index contributed by atoms with van der Waals surface area (Å²) in [7, 11) is 1.68. The van der Waals surface area contributed by atoms with Crippen LogP contribution in [0.5, 0.6) is 5.75 Å². The topological polar surface area (TPSA) is 18.5 Å². The molecule has 0 N–H and O–H groups in total. The molecule has 15 heavy (non-hydrogen) atoms. The van der Waals surface area contributed by atoms with Crippen LogP contribution in [0.4, 0.5) is 0 Å². The lowest BCUT2D eigenvalue weighted by atomic mass is 9.99. The monoisotopic (exact) mass is 208 g/mol. The first-order valence-corrected chi connectivity index (χ1v) is 5.22. The lowest BCUT2D eigenvalue weighted by Crippen LogP contribution is -2.14. The normalized spacial score (nSPS) is 11.5. The predicted molar refractivity (Wildman–Crippen MR) is 62.1 cm³/mol. The lowest BCUT2D eigenvalue weighted by molar-refractivity contribution is 0.0588. The third kappa shape index (κ3) is 4.34. The van der Waals surface area contributed by atoms with Gasteiger partial charge in [-0.05, 0) is 11.5 Å². The van der Waals surface area contributed by atoms with E-state index in [1.54, 1.807) is 7.11 Å². The number of hydrogen-bond donors (Lipinski definition) is 0. The fraction of sp³-hybridized carbons (Fsp3) is 0.538. The van der Waals surface area contributed by atoms with Crippen molar-refractivity contribution in [2.75, 3.05) is 13.7 Å². The molecule has 0 unspecified atom stereocenters. The fourth-order valence-corrected chi connectivity index (χ4v) is 1.29. The van der Waals surface area contributed by atoms with Crippen LogP contribution in [0.15, 0.2) is 24.3 Å². The molecule has 0 radical (unpaired) electrons. The average molecular weight is 208 g/mol. The van der Waals surface area contributed by atoms with Crippen molar-refractivity contribution in [1.82, 2.24) is 0 Å². The summed E-state index contributed by atoms with van der Waals surface area (Å²) in [4.78, 5) is 0. The number of methoxy groups -OCH3 is 1. The summed E-state index contributed by atoms with van der Waals surface area (Å²) in [5.41, 5.74) is 1.31. The molecule has 0 aliphatic rings. The van der Waals surface area contributed by atoms with Gasteiger partial charge in [-0.3, -0.25) is 0 Å². The van der Waals surface area contributed by atoms with Gasteiger partial charge in [0, 0.05) is 5.56 Å². The molecule has 0 heterocycles. The number of hydrogen-bond acceptors (Lipinski definition) is 2. The van der Waals surface area contributed by atoms with Gasteiger partial charge in [0.15, 0.2) is 0 Å². The number of para-hydroxylation sites is 1. The van der Waals surface area contributed by atoms with E-state index in [9.17, 15) is 0 Å². The van der Waals surface area contributed by atoms with E-state index in [0.717, 1.165) is 17.9 Å². The van der Waals surface area contributed by atoms with Gasteiger partial charge in [0.2, 0.25) is 0 Å². The summed E-state index contributed by atoms with van der Waals surface area (Å²) < 4.78 is 10.9. The highest BCUT2D eigenvalue weighted by atomic mass is 16.5. The molecule has 0 amide bonds. The first-order valence-electron chi connectivity index (χ1n) is 5.22. The van der Waals surface area contributed by atoms with Crippen molar-refractivity contribution in [3.05, 3.63) is 29.8 Å². The number of ether oxygens (including phenoxy) is 2. The fourth-order valence-electron chi connectivity index (χ4n) is 1.29. The Morgan fingerprint density at radius 1 is 1.13 bits per heavy atom. The molecule has 1 aromatic rings. The van der Waals surface area contributed by atoms with E-state index in [-0.39, 0.29) is 5.41 Å². The molecule has 84 valence electrons. The van der Waals surface area contributed by atoms with Crippen LogP contribution in [0.3, 0.4) is 0 Å². The van der Waals surface area contributed by atoms with Gasteiger partial charge in [0.1, 0.15) is 5.75 Å². The number of rotatable bonds is 4. The first-order chi connectivity index (χ1) is 7.03. The zero-order valence-electron chi connectivity index (χ0n) is 10.0. The van der Waals surface area contributed by atoms with Crippen LogP contribution in [0.2, 0.25) is 0 Å². The Morgan fingerprint density at radius 2 is 1.80 bits per heavy atom. The molecule has 0 aliphatic heterocycles. The van der Waals surface area contributed by atoms with Crippen molar-refractivity contribution in [2.45, 2.75) is 27.4 Å². The molecule has 0 saturated heterocycles. The van der Waals surface area contributed by atoms with E-state index >= 15 is 0 Å². The molecular formula is C13H20O2.